The first-order chi connectivity index (χ1) is 9.08. The van der Waals surface area contributed by atoms with Crippen molar-refractivity contribution in [1.29, 1.82) is 0 Å². The quantitative estimate of drug-likeness (QED) is 0.662. The van der Waals surface area contributed by atoms with Crippen LogP contribution in [0, 0.1) is 15.9 Å². The molecule has 1 aromatic carbocycles. The summed E-state index contributed by atoms with van der Waals surface area (Å²) < 4.78 is 14.8. The van der Waals surface area contributed by atoms with Crippen molar-refractivity contribution in [2.24, 2.45) is 0 Å². The molecule has 0 bridgehead atoms. The smallest absolute Gasteiger partial charge is 0.305 e. The highest BCUT2D eigenvalue weighted by atomic mass is 79.9. The summed E-state index contributed by atoms with van der Waals surface area (Å²) in [5.41, 5.74) is -0.192. The number of nitrogens with zero attached hydrogens (tertiary/aromatic N) is 1. The molecule has 1 aromatic heterocycles. The molecule has 0 radical (unpaired) electrons. The number of hydrogen-bond donors (Lipinski definition) is 1. The monoisotopic (exact) mass is 344 g/mol. The Morgan fingerprint density at radius 1 is 1.32 bits per heavy atom. The molecule has 4 nitrogen and oxygen atoms in total. The molecule has 100 valence electrons. The topological polar surface area (TPSA) is 55.2 Å². The molecule has 0 aliphatic heterocycles. The highest BCUT2D eigenvalue weighted by Gasteiger charge is 2.16. The molecule has 0 spiro atoms. The third-order valence-corrected chi connectivity index (χ3v) is 4.12. The van der Waals surface area contributed by atoms with Gasteiger partial charge in [0.05, 0.1) is 8.71 Å². The van der Waals surface area contributed by atoms with Gasteiger partial charge in [0.15, 0.2) is 0 Å². The minimum Gasteiger partial charge on any atom is -0.308 e. The van der Waals surface area contributed by atoms with E-state index in [-0.39, 0.29) is 6.54 Å². The maximum absolute atomic E-state index is 13.8. The third kappa shape index (κ3) is 3.59. The Labute approximate surface area is 121 Å². The van der Waals surface area contributed by atoms with Crippen LogP contribution in [-0.2, 0) is 13.1 Å². The molecule has 0 saturated carbocycles. The van der Waals surface area contributed by atoms with Crippen LogP contribution in [0.3, 0.4) is 0 Å². The van der Waals surface area contributed by atoms with Gasteiger partial charge >= 0.3 is 5.69 Å². The fraction of sp³-hybridized carbons (Fsp3) is 0.167. The number of halogens is 2. The molecule has 0 saturated heterocycles. The zero-order valence-corrected chi connectivity index (χ0v) is 12.1. The zero-order chi connectivity index (χ0) is 13.8. The summed E-state index contributed by atoms with van der Waals surface area (Å²) in [4.78, 5) is 11.0. The van der Waals surface area contributed by atoms with Crippen LogP contribution in [0.4, 0.5) is 10.1 Å². The lowest BCUT2D eigenvalue weighted by Crippen LogP contribution is -2.13. The number of nitrogens with one attached hydrogen (secondary N) is 1. The van der Waals surface area contributed by atoms with Gasteiger partial charge in [-0.05, 0) is 28.1 Å². The first kappa shape index (κ1) is 14.1. The second kappa shape index (κ2) is 6.23. The van der Waals surface area contributed by atoms with Gasteiger partial charge < -0.3 is 5.32 Å². The Balaban J connectivity index is 2.00. The van der Waals surface area contributed by atoms with Gasteiger partial charge in [-0.15, -0.1) is 11.3 Å². The summed E-state index contributed by atoms with van der Waals surface area (Å²) in [6, 6.07) is 8.09. The van der Waals surface area contributed by atoms with Crippen LogP contribution in [0.5, 0.6) is 0 Å². The SMILES string of the molecule is O=[N+]([O-])c1cccc(CNCc2ccc(Br)s2)c1F. The van der Waals surface area contributed by atoms with Crippen molar-refractivity contribution in [2.75, 3.05) is 0 Å². The summed E-state index contributed by atoms with van der Waals surface area (Å²) >= 11 is 4.95. The molecule has 0 aliphatic rings. The predicted octanol–water partition coefficient (Wildman–Crippen LogP) is 3.85. The van der Waals surface area contributed by atoms with Crippen LogP contribution in [0.2, 0.25) is 0 Å². The maximum atomic E-state index is 13.8. The normalized spacial score (nSPS) is 10.6. The van der Waals surface area contributed by atoms with E-state index in [9.17, 15) is 14.5 Å². The molecule has 0 atom stereocenters. The summed E-state index contributed by atoms with van der Waals surface area (Å²) in [5.74, 6) is -0.771. The number of benzene rings is 1. The van der Waals surface area contributed by atoms with E-state index < -0.39 is 16.4 Å². The van der Waals surface area contributed by atoms with E-state index in [0.717, 1.165) is 14.7 Å². The Bertz CT molecular complexity index is 603. The van der Waals surface area contributed by atoms with Crippen LogP contribution in [-0.4, -0.2) is 4.92 Å². The second-order valence-electron chi connectivity index (χ2n) is 3.82. The van der Waals surface area contributed by atoms with Crippen LogP contribution in [0.25, 0.3) is 0 Å². The molecule has 0 amide bonds. The molecular weight excluding hydrogens is 335 g/mol. The predicted molar refractivity (Wildman–Crippen MR) is 75.6 cm³/mol. The van der Waals surface area contributed by atoms with E-state index in [1.165, 1.54) is 6.07 Å². The van der Waals surface area contributed by atoms with Gasteiger partial charge in [-0.3, -0.25) is 10.1 Å². The highest BCUT2D eigenvalue weighted by molar-refractivity contribution is 9.11. The second-order valence-corrected chi connectivity index (χ2v) is 6.36. The average molecular weight is 345 g/mol. The number of nitro benzene ring substituents is 1. The van der Waals surface area contributed by atoms with Gasteiger partial charge in [0, 0.05) is 29.6 Å². The van der Waals surface area contributed by atoms with Gasteiger partial charge in [0.2, 0.25) is 5.82 Å². The zero-order valence-electron chi connectivity index (χ0n) is 9.73. The van der Waals surface area contributed by atoms with Crippen LogP contribution in [0.15, 0.2) is 34.1 Å². The molecule has 1 heterocycles. The van der Waals surface area contributed by atoms with Crippen molar-refractivity contribution in [3.05, 3.63) is 60.5 Å². The molecule has 0 fully saturated rings. The molecule has 0 unspecified atom stereocenters. The van der Waals surface area contributed by atoms with Crippen LogP contribution in [0.1, 0.15) is 10.4 Å². The number of rotatable bonds is 5. The fourth-order valence-corrected chi connectivity index (χ4v) is 3.06. The lowest BCUT2D eigenvalue weighted by molar-refractivity contribution is -0.387. The standard InChI is InChI=1S/C12H10BrFN2O2S/c13-11-5-4-9(19-11)7-15-6-8-2-1-3-10(12(8)14)16(17)18/h1-5,15H,6-7H2. The maximum Gasteiger partial charge on any atom is 0.305 e. The minimum absolute atomic E-state index is 0.253. The van der Waals surface area contributed by atoms with E-state index in [1.54, 1.807) is 17.4 Å². The fourth-order valence-electron chi connectivity index (χ4n) is 1.61. The highest BCUT2D eigenvalue weighted by Crippen LogP contribution is 2.22. The van der Waals surface area contributed by atoms with Gasteiger partial charge in [0.1, 0.15) is 0 Å². The lowest BCUT2D eigenvalue weighted by Gasteiger charge is -2.05. The van der Waals surface area contributed by atoms with Crippen molar-refractivity contribution in [1.82, 2.24) is 5.32 Å². The van der Waals surface area contributed by atoms with Crippen molar-refractivity contribution in [2.45, 2.75) is 13.1 Å². The minimum atomic E-state index is -0.771. The molecule has 0 aliphatic carbocycles. The van der Waals surface area contributed by atoms with Gasteiger partial charge in [-0.1, -0.05) is 12.1 Å². The molecule has 7 heteroatoms. The molecule has 2 aromatic rings. The Morgan fingerprint density at radius 3 is 2.74 bits per heavy atom. The van der Waals surface area contributed by atoms with Gasteiger partial charge in [-0.25, -0.2) is 0 Å². The Kier molecular flexibility index (Phi) is 4.62. The molecular formula is C12H10BrFN2O2S. The summed E-state index contributed by atoms with van der Waals surface area (Å²) in [7, 11) is 0. The van der Waals surface area contributed by atoms with Crippen molar-refractivity contribution in [3.63, 3.8) is 0 Å². The first-order valence-corrected chi connectivity index (χ1v) is 7.05. The summed E-state index contributed by atoms with van der Waals surface area (Å²) in [6.45, 7) is 0.849. The molecule has 19 heavy (non-hydrogen) atoms. The van der Waals surface area contributed by atoms with Crippen molar-refractivity contribution >= 4 is 33.0 Å². The Morgan fingerprint density at radius 2 is 2.11 bits per heavy atom. The van der Waals surface area contributed by atoms with E-state index in [0.29, 0.717) is 12.1 Å². The van der Waals surface area contributed by atoms with E-state index >= 15 is 0 Å². The van der Waals surface area contributed by atoms with E-state index in [2.05, 4.69) is 21.2 Å². The number of thiophene rings is 1. The van der Waals surface area contributed by atoms with Crippen LogP contribution >= 0.6 is 27.3 Å². The molecule has 2 rings (SSSR count). The number of hydrogen-bond acceptors (Lipinski definition) is 4. The lowest BCUT2D eigenvalue weighted by atomic mass is 10.2. The van der Waals surface area contributed by atoms with Crippen LogP contribution < -0.4 is 5.32 Å². The summed E-state index contributed by atoms with van der Waals surface area (Å²) in [5, 5.41) is 13.7. The Hall–Kier alpha value is -1.31. The van der Waals surface area contributed by atoms with E-state index in [1.807, 2.05) is 12.1 Å². The van der Waals surface area contributed by atoms with Crippen molar-refractivity contribution < 1.29 is 9.31 Å². The average Bonchev–Trinajstić information content (AvgIpc) is 2.77. The summed E-state index contributed by atoms with van der Waals surface area (Å²) in [6.07, 6.45) is 0. The third-order valence-electron chi connectivity index (χ3n) is 2.50. The van der Waals surface area contributed by atoms with Gasteiger partial charge in [-0.2, -0.15) is 4.39 Å². The first-order valence-electron chi connectivity index (χ1n) is 5.44. The van der Waals surface area contributed by atoms with Crippen molar-refractivity contribution in [3.8, 4) is 0 Å². The molecule has 1 N–H and O–H groups in total. The van der Waals surface area contributed by atoms with Gasteiger partial charge in [0.25, 0.3) is 0 Å². The number of nitro groups is 1. The largest absolute Gasteiger partial charge is 0.308 e. The van der Waals surface area contributed by atoms with E-state index in [4.69, 9.17) is 0 Å².